The van der Waals surface area contributed by atoms with Crippen LogP contribution in [-0.2, 0) is 0 Å². The number of hydrogen-bond donors (Lipinski definition) is 0. The molecule has 0 radical (unpaired) electrons. The van der Waals surface area contributed by atoms with Crippen molar-refractivity contribution in [2.24, 2.45) is 0 Å². The molecule has 5 rings (SSSR count). The summed E-state index contributed by atoms with van der Waals surface area (Å²) >= 11 is 6.31. The lowest BCUT2D eigenvalue weighted by atomic mass is 10.2. The first-order valence-corrected chi connectivity index (χ1v) is 7.86. The summed E-state index contributed by atoms with van der Waals surface area (Å²) in [5.41, 5.74) is 1.96. The van der Waals surface area contributed by atoms with E-state index in [4.69, 9.17) is 16.1 Å². The normalized spacial score (nSPS) is 11.4. The Bertz CT molecular complexity index is 1210. The van der Waals surface area contributed by atoms with Crippen LogP contribution >= 0.6 is 11.6 Å². The van der Waals surface area contributed by atoms with Gasteiger partial charge in [0.15, 0.2) is 22.3 Å². The fraction of sp³-hybridized carbons (Fsp3) is 0. The van der Waals surface area contributed by atoms with Crippen LogP contribution in [0, 0.1) is 0 Å². The molecule has 120 valence electrons. The van der Waals surface area contributed by atoms with Crippen LogP contribution in [0.5, 0.6) is 0 Å². The third kappa shape index (κ3) is 2.17. The van der Waals surface area contributed by atoms with Crippen LogP contribution in [-0.4, -0.2) is 30.0 Å². The predicted octanol–water partition coefficient (Wildman–Crippen LogP) is 3.65. The molecule has 0 aliphatic carbocycles. The molecule has 0 atom stereocenters. The summed E-state index contributed by atoms with van der Waals surface area (Å²) in [6, 6.07) is 13.2. The highest BCUT2D eigenvalue weighted by atomic mass is 35.5. The van der Waals surface area contributed by atoms with Crippen molar-refractivity contribution in [2.75, 3.05) is 0 Å². The van der Waals surface area contributed by atoms with E-state index in [-0.39, 0.29) is 0 Å². The standard InChI is InChI=1S/C17H9ClN6O/c18-15-11-5-1-2-6-12(11)16-20-21-17(24(16)22-15)13-8-14(25-23-13)10-4-3-7-19-9-10/h1-9H. The van der Waals surface area contributed by atoms with Gasteiger partial charge in [-0.05, 0) is 12.1 Å². The van der Waals surface area contributed by atoms with Crippen molar-refractivity contribution in [3.8, 4) is 22.8 Å². The highest BCUT2D eigenvalue weighted by Gasteiger charge is 2.18. The Kier molecular flexibility index (Phi) is 3.01. The highest BCUT2D eigenvalue weighted by molar-refractivity contribution is 6.34. The lowest BCUT2D eigenvalue weighted by molar-refractivity contribution is 0.434. The van der Waals surface area contributed by atoms with E-state index in [1.807, 2.05) is 36.4 Å². The first-order chi connectivity index (χ1) is 12.3. The third-order valence-corrected chi connectivity index (χ3v) is 4.18. The number of aromatic nitrogens is 6. The van der Waals surface area contributed by atoms with Gasteiger partial charge in [0.05, 0.1) is 0 Å². The molecular weight excluding hydrogens is 340 g/mol. The van der Waals surface area contributed by atoms with E-state index in [1.54, 1.807) is 23.0 Å². The first-order valence-electron chi connectivity index (χ1n) is 7.48. The second-order valence-electron chi connectivity index (χ2n) is 5.41. The molecular formula is C17H9ClN6O. The van der Waals surface area contributed by atoms with Crippen molar-refractivity contribution < 1.29 is 4.52 Å². The van der Waals surface area contributed by atoms with Gasteiger partial charge in [0.25, 0.3) is 0 Å². The molecule has 0 aliphatic heterocycles. The zero-order valence-electron chi connectivity index (χ0n) is 12.7. The van der Waals surface area contributed by atoms with Gasteiger partial charge in [-0.2, -0.15) is 9.61 Å². The van der Waals surface area contributed by atoms with Crippen LogP contribution in [0.2, 0.25) is 5.15 Å². The molecule has 25 heavy (non-hydrogen) atoms. The monoisotopic (exact) mass is 348 g/mol. The van der Waals surface area contributed by atoms with E-state index in [1.165, 1.54) is 0 Å². The van der Waals surface area contributed by atoms with Gasteiger partial charge in [0.1, 0.15) is 0 Å². The minimum absolute atomic E-state index is 0.375. The fourth-order valence-corrected chi connectivity index (χ4v) is 2.97. The smallest absolute Gasteiger partial charge is 0.207 e. The molecule has 0 fully saturated rings. The maximum atomic E-state index is 6.31. The topological polar surface area (TPSA) is 82.0 Å². The molecule has 0 amide bonds. The Morgan fingerprint density at radius 2 is 1.88 bits per heavy atom. The zero-order valence-corrected chi connectivity index (χ0v) is 13.4. The zero-order chi connectivity index (χ0) is 16.8. The number of rotatable bonds is 2. The van der Waals surface area contributed by atoms with Gasteiger partial charge in [0.2, 0.25) is 5.82 Å². The maximum Gasteiger partial charge on any atom is 0.207 e. The summed E-state index contributed by atoms with van der Waals surface area (Å²) in [5, 5.41) is 19.0. The Hall–Kier alpha value is -3.32. The van der Waals surface area contributed by atoms with Gasteiger partial charge in [0, 0.05) is 34.8 Å². The molecule has 0 saturated heterocycles. The fourth-order valence-electron chi connectivity index (χ4n) is 2.73. The van der Waals surface area contributed by atoms with Crippen molar-refractivity contribution in [3.63, 3.8) is 0 Å². The van der Waals surface area contributed by atoms with E-state index >= 15 is 0 Å². The molecule has 1 aromatic carbocycles. The average Bonchev–Trinajstić information content (AvgIpc) is 3.29. The van der Waals surface area contributed by atoms with E-state index in [0.29, 0.717) is 28.1 Å². The Morgan fingerprint density at radius 1 is 1.00 bits per heavy atom. The summed E-state index contributed by atoms with van der Waals surface area (Å²) < 4.78 is 6.99. The second-order valence-corrected chi connectivity index (χ2v) is 5.77. The van der Waals surface area contributed by atoms with Gasteiger partial charge in [-0.1, -0.05) is 41.0 Å². The van der Waals surface area contributed by atoms with Gasteiger partial charge >= 0.3 is 0 Å². The van der Waals surface area contributed by atoms with Crippen molar-refractivity contribution in [3.05, 3.63) is 60.0 Å². The molecule has 8 heteroatoms. The highest BCUT2D eigenvalue weighted by Crippen LogP contribution is 2.28. The van der Waals surface area contributed by atoms with Crippen LogP contribution in [0.4, 0.5) is 0 Å². The lowest BCUT2D eigenvalue weighted by Gasteiger charge is -2.02. The predicted molar refractivity (Wildman–Crippen MR) is 92.0 cm³/mol. The van der Waals surface area contributed by atoms with Crippen molar-refractivity contribution >= 4 is 28.0 Å². The number of nitrogens with zero attached hydrogens (tertiary/aromatic N) is 6. The number of fused-ring (bicyclic) bond motifs is 3. The number of pyridine rings is 1. The minimum atomic E-state index is 0.375. The van der Waals surface area contributed by atoms with Gasteiger partial charge in [-0.15, -0.1) is 10.2 Å². The summed E-state index contributed by atoms with van der Waals surface area (Å²) in [4.78, 5) is 4.08. The maximum absolute atomic E-state index is 6.31. The van der Waals surface area contributed by atoms with Gasteiger partial charge in [-0.3, -0.25) is 4.98 Å². The SMILES string of the molecule is Clc1nn2c(-c3cc(-c4cccnc4)on3)nnc2c2ccccc12. The number of halogens is 1. The number of benzene rings is 1. The Labute approximate surface area is 145 Å². The molecule has 0 N–H and O–H groups in total. The van der Waals surface area contributed by atoms with E-state index in [2.05, 4.69) is 25.4 Å². The third-order valence-electron chi connectivity index (χ3n) is 3.90. The van der Waals surface area contributed by atoms with E-state index < -0.39 is 0 Å². The Balaban J connectivity index is 1.71. The van der Waals surface area contributed by atoms with E-state index in [0.717, 1.165) is 16.3 Å². The van der Waals surface area contributed by atoms with Crippen molar-refractivity contribution in [2.45, 2.75) is 0 Å². The summed E-state index contributed by atoms with van der Waals surface area (Å²) in [6.07, 6.45) is 3.40. The molecule has 0 spiro atoms. The van der Waals surface area contributed by atoms with Crippen molar-refractivity contribution in [1.82, 2.24) is 30.0 Å². The summed E-state index contributed by atoms with van der Waals surface area (Å²) in [5.74, 6) is 1.05. The van der Waals surface area contributed by atoms with Crippen LogP contribution in [0.25, 0.3) is 39.3 Å². The largest absolute Gasteiger partial charge is 0.355 e. The van der Waals surface area contributed by atoms with Gasteiger partial charge in [-0.25, -0.2) is 0 Å². The average molecular weight is 349 g/mol. The van der Waals surface area contributed by atoms with E-state index in [9.17, 15) is 0 Å². The van der Waals surface area contributed by atoms with Crippen molar-refractivity contribution in [1.29, 1.82) is 0 Å². The minimum Gasteiger partial charge on any atom is -0.355 e. The summed E-state index contributed by atoms with van der Waals surface area (Å²) in [7, 11) is 0. The second kappa shape index (κ2) is 5.35. The summed E-state index contributed by atoms with van der Waals surface area (Å²) in [6.45, 7) is 0. The molecule has 0 unspecified atom stereocenters. The molecule has 0 aliphatic rings. The van der Waals surface area contributed by atoms with Crippen LogP contribution < -0.4 is 0 Å². The van der Waals surface area contributed by atoms with Crippen LogP contribution in [0.15, 0.2) is 59.4 Å². The van der Waals surface area contributed by atoms with Gasteiger partial charge < -0.3 is 4.52 Å². The van der Waals surface area contributed by atoms with Crippen LogP contribution in [0.1, 0.15) is 0 Å². The molecule has 0 saturated carbocycles. The molecule has 4 heterocycles. The molecule has 7 nitrogen and oxygen atoms in total. The molecule has 4 aromatic heterocycles. The quantitative estimate of drug-likeness (QED) is 0.484. The number of hydrogen-bond acceptors (Lipinski definition) is 6. The molecule has 5 aromatic rings. The lowest BCUT2D eigenvalue weighted by Crippen LogP contribution is -1.97. The molecule has 0 bridgehead atoms. The van der Waals surface area contributed by atoms with Crippen LogP contribution in [0.3, 0.4) is 0 Å². The Morgan fingerprint density at radius 3 is 2.72 bits per heavy atom. The first kappa shape index (κ1) is 14.1.